The second-order valence-corrected chi connectivity index (χ2v) is 6.71. The molecular weight excluding hydrogens is 266 g/mol. The maximum absolute atomic E-state index is 12.6. The zero-order valence-electron chi connectivity index (χ0n) is 12.4. The molecule has 5 nitrogen and oxygen atoms in total. The summed E-state index contributed by atoms with van der Waals surface area (Å²) < 4.78 is 5.15. The van der Waals surface area contributed by atoms with Crippen LogP contribution in [0.4, 0.5) is 4.79 Å². The number of hydrogen-bond donors (Lipinski definition) is 0. The summed E-state index contributed by atoms with van der Waals surface area (Å²) in [6.07, 6.45) is 7.07. The van der Waals surface area contributed by atoms with Gasteiger partial charge in [-0.25, -0.2) is 4.79 Å². The predicted octanol–water partition coefficient (Wildman–Crippen LogP) is 2.00. The van der Waals surface area contributed by atoms with Crippen LogP contribution in [0, 0.1) is 5.92 Å². The Bertz CT molecular complexity index is 496. The summed E-state index contributed by atoms with van der Waals surface area (Å²) in [6, 6.07) is 2.72. The molecule has 4 rings (SSSR count). The normalized spacial score (nSPS) is 29.3. The van der Waals surface area contributed by atoms with Gasteiger partial charge in [-0.15, -0.1) is 0 Å². The van der Waals surface area contributed by atoms with E-state index in [4.69, 9.17) is 4.42 Å². The molecule has 114 valence electrons. The summed E-state index contributed by atoms with van der Waals surface area (Å²) in [5.41, 5.74) is 1.23. The standard InChI is InChI=1S/C16H23N3O2/c20-16(18-4-1-2-5-18)19-10-14-7-15(19)11-17(9-14)8-13-3-6-21-12-13/h3,6,12,14-15H,1-2,4-5,7-11H2/t14-,15-/m0/s1. The highest BCUT2D eigenvalue weighted by molar-refractivity contribution is 5.75. The number of piperidine rings is 1. The van der Waals surface area contributed by atoms with Gasteiger partial charge in [0.05, 0.1) is 12.5 Å². The van der Waals surface area contributed by atoms with Gasteiger partial charge in [-0.3, -0.25) is 4.90 Å². The third-order valence-electron chi connectivity index (χ3n) is 5.09. The molecule has 0 saturated carbocycles. The van der Waals surface area contributed by atoms with Crippen molar-refractivity contribution >= 4 is 6.03 Å². The Morgan fingerprint density at radius 3 is 2.86 bits per heavy atom. The lowest BCUT2D eigenvalue weighted by atomic mass is 10.00. The Morgan fingerprint density at radius 2 is 2.10 bits per heavy atom. The maximum Gasteiger partial charge on any atom is 0.320 e. The third kappa shape index (κ3) is 2.55. The smallest absolute Gasteiger partial charge is 0.320 e. The minimum atomic E-state index is 0.283. The molecule has 3 saturated heterocycles. The quantitative estimate of drug-likeness (QED) is 0.836. The van der Waals surface area contributed by atoms with Crippen molar-refractivity contribution in [3.8, 4) is 0 Å². The van der Waals surface area contributed by atoms with Crippen molar-refractivity contribution in [2.24, 2.45) is 5.92 Å². The SMILES string of the molecule is O=C(N1CCCC1)N1C[C@H]2C[C@H]1CN(Cc1ccoc1)C2. The molecule has 4 heterocycles. The Hall–Kier alpha value is -1.49. The zero-order chi connectivity index (χ0) is 14.2. The van der Waals surface area contributed by atoms with E-state index < -0.39 is 0 Å². The van der Waals surface area contributed by atoms with Crippen LogP contribution >= 0.6 is 0 Å². The molecule has 0 N–H and O–H groups in total. The van der Waals surface area contributed by atoms with Gasteiger partial charge < -0.3 is 14.2 Å². The second-order valence-electron chi connectivity index (χ2n) is 6.71. The van der Waals surface area contributed by atoms with Gasteiger partial charge in [0.2, 0.25) is 0 Å². The lowest BCUT2D eigenvalue weighted by molar-refractivity contribution is 0.137. The van der Waals surface area contributed by atoms with Crippen molar-refractivity contribution in [2.75, 3.05) is 32.7 Å². The average molecular weight is 289 g/mol. The van der Waals surface area contributed by atoms with E-state index in [1.54, 1.807) is 6.26 Å². The van der Waals surface area contributed by atoms with Gasteiger partial charge in [0.25, 0.3) is 0 Å². The first-order valence-corrected chi connectivity index (χ1v) is 8.08. The highest BCUT2D eigenvalue weighted by atomic mass is 16.3. The number of hydrogen-bond acceptors (Lipinski definition) is 3. The van der Waals surface area contributed by atoms with Crippen LogP contribution in [0.25, 0.3) is 0 Å². The summed E-state index contributed by atoms with van der Waals surface area (Å²) in [7, 11) is 0. The fourth-order valence-electron chi connectivity index (χ4n) is 4.15. The predicted molar refractivity (Wildman–Crippen MR) is 78.8 cm³/mol. The second kappa shape index (κ2) is 5.37. The number of likely N-dealkylation sites (tertiary alicyclic amines) is 3. The molecule has 2 bridgehead atoms. The third-order valence-corrected chi connectivity index (χ3v) is 5.09. The van der Waals surface area contributed by atoms with Crippen molar-refractivity contribution in [3.63, 3.8) is 0 Å². The van der Waals surface area contributed by atoms with E-state index in [9.17, 15) is 4.79 Å². The van der Waals surface area contributed by atoms with Crippen LogP contribution in [-0.4, -0.2) is 59.5 Å². The molecule has 1 aromatic heterocycles. The minimum absolute atomic E-state index is 0.283. The lowest BCUT2D eigenvalue weighted by Crippen LogP contribution is -2.47. The van der Waals surface area contributed by atoms with Crippen LogP contribution in [0.3, 0.4) is 0 Å². The number of rotatable bonds is 2. The molecular formula is C16H23N3O2. The van der Waals surface area contributed by atoms with Crippen LogP contribution < -0.4 is 0 Å². The van der Waals surface area contributed by atoms with Gasteiger partial charge in [0.15, 0.2) is 0 Å². The summed E-state index contributed by atoms with van der Waals surface area (Å²) >= 11 is 0. The van der Waals surface area contributed by atoms with E-state index in [1.165, 1.54) is 24.8 Å². The molecule has 2 amide bonds. The molecule has 21 heavy (non-hydrogen) atoms. The summed E-state index contributed by atoms with van der Waals surface area (Å²) in [6.45, 7) is 5.89. The first-order valence-electron chi connectivity index (χ1n) is 8.08. The molecule has 5 heteroatoms. The summed E-state index contributed by atoms with van der Waals surface area (Å²) in [5.74, 6) is 0.641. The van der Waals surface area contributed by atoms with Gasteiger partial charge in [0.1, 0.15) is 0 Å². The molecule has 0 radical (unpaired) electrons. The van der Waals surface area contributed by atoms with E-state index in [0.717, 1.165) is 39.3 Å². The minimum Gasteiger partial charge on any atom is -0.472 e. The van der Waals surface area contributed by atoms with Gasteiger partial charge >= 0.3 is 6.03 Å². The van der Waals surface area contributed by atoms with Gasteiger partial charge in [-0.05, 0) is 31.2 Å². The molecule has 0 spiro atoms. The number of carbonyl (C=O) groups excluding carboxylic acids is 1. The Morgan fingerprint density at radius 1 is 1.24 bits per heavy atom. The van der Waals surface area contributed by atoms with Crippen LogP contribution in [0.2, 0.25) is 0 Å². The first-order chi connectivity index (χ1) is 10.3. The Balaban J connectivity index is 1.41. The zero-order valence-corrected chi connectivity index (χ0v) is 12.4. The molecule has 1 aromatic rings. The van der Waals surface area contributed by atoms with E-state index in [-0.39, 0.29) is 6.03 Å². The van der Waals surface area contributed by atoms with Crippen LogP contribution in [0.15, 0.2) is 23.0 Å². The van der Waals surface area contributed by atoms with E-state index in [1.807, 2.05) is 17.2 Å². The maximum atomic E-state index is 12.6. The number of fused-ring (bicyclic) bond motifs is 2. The fraction of sp³-hybridized carbons (Fsp3) is 0.688. The molecule has 2 atom stereocenters. The number of nitrogens with zero attached hydrogens (tertiary/aromatic N) is 3. The number of carbonyl (C=O) groups is 1. The first kappa shape index (κ1) is 13.2. The van der Waals surface area contributed by atoms with Gasteiger partial charge in [0, 0.05) is 50.9 Å². The van der Waals surface area contributed by atoms with Crippen molar-refractivity contribution in [1.82, 2.24) is 14.7 Å². The van der Waals surface area contributed by atoms with Crippen molar-refractivity contribution in [2.45, 2.75) is 31.8 Å². The molecule has 3 fully saturated rings. The van der Waals surface area contributed by atoms with Crippen LogP contribution in [-0.2, 0) is 6.54 Å². The van der Waals surface area contributed by atoms with Crippen molar-refractivity contribution in [1.29, 1.82) is 0 Å². The topological polar surface area (TPSA) is 39.9 Å². The lowest BCUT2D eigenvalue weighted by Gasteiger charge is -2.33. The number of urea groups is 1. The highest BCUT2D eigenvalue weighted by Crippen LogP contribution is 2.31. The van der Waals surface area contributed by atoms with Gasteiger partial charge in [-0.1, -0.05) is 0 Å². The number of amides is 2. The molecule has 0 aromatic carbocycles. The molecule has 0 aliphatic carbocycles. The van der Waals surface area contributed by atoms with E-state index in [0.29, 0.717) is 12.0 Å². The van der Waals surface area contributed by atoms with E-state index in [2.05, 4.69) is 9.80 Å². The van der Waals surface area contributed by atoms with Gasteiger partial charge in [-0.2, -0.15) is 0 Å². The molecule has 0 unspecified atom stereocenters. The average Bonchev–Trinajstić information content (AvgIpc) is 3.19. The Labute approximate surface area is 125 Å². The molecule has 3 aliphatic rings. The monoisotopic (exact) mass is 289 g/mol. The summed E-state index contributed by atoms with van der Waals surface area (Å²) in [5, 5.41) is 0. The summed E-state index contributed by atoms with van der Waals surface area (Å²) in [4.78, 5) is 19.3. The Kier molecular flexibility index (Phi) is 3.37. The largest absolute Gasteiger partial charge is 0.472 e. The van der Waals surface area contributed by atoms with Crippen molar-refractivity contribution < 1.29 is 9.21 Å². The highest BCUT2D eigenvalue weighted by Gasteiger charge is 2.42. The van der Waals surface area contributed by atoms with Crippen LogP contribution in [0.1, 0.15) is 24.8 Å². The van der Waals surface area contributed by atoms with Crippen molar-refractivity contribution in [3.05, 3.63) is 24.2 Å². The van der Waals surface area contributed by atoms with E-state index >= 15 is 0 Å². The fourth-order valence-corrected chi connectivity index (χ4v) is 4.15. The van der Waals surface area contributed by atoms with Crippen LogP contribution in [0.5, 0.6) is 0 Å². The number of furan rings is 1. The molecule has 3 aliphatic heterocycles.